The minimum Gasteiger partial charge on any atom is -0.456 e. The molecular weight excluding hydrogens is 306 g/mol. The fraction of sp³-hybridized carbons (Fsp3) is 0.400. The Bertz CT molecular complexity index is 635. The van der Waals surface area contributed by atoms with Gasteiger partial charge in [-0.15, -0.1) is 0 Å². The molecule has 0 aliphatic rings. The Balaban J connectivity index is 2.49. The van der Waals surface area contributed by atoms with E-state index in [1.54, 1.807) is 45.0 Å². The van der Waals surface area contributed by atoms with Gasteiger partial charge in [-0.25, -0.2) is 9.67 Å². The minimum atomic E-state index is -1.68. The maximum Gasteiger partial charge on any atom is 0.285 e. The number of aliphatic hydroxyl groups excluding tert-OH is 1. The second-order valence-electron chi connectivity index (χ2n) is 5.92. The maximum atomic E-state index is 12.9. The Morgan fingerprint density at radius 3 is 2.41 bits per heavy atom. The molecule has 118 valence electrons. The molecule has 1 N–H and O–H groups in total. The number of aromatic nitrogens is 3. The number of ether oxygens (including phenoxy) is 1. The summed E-state index contributed by atoms with van der Waals surface area (Å²) < 4.78 is 7.07. The number of benzene rings is 1. The van der Waals surface area contributed by atoms with Crippen molar-refractivity contribution in [2.75, 3.05) is 6.61 Å². The van der Waals surface area contributed by atoms with Gasteiger partial charge in [0.05, 0.1) is 0 Å². The zero-order valence-corrected chi connectivity index (χ0v) is 13.4. The Morgan fingerprint density at radius 1 is 1.32 bits per heavy atom. The van der Waals surface area contributed by atoms with Crippen molar-refractivity contribution >= 4 is 17.4 Å². The van der Waals surface area contributed by atoms with E-state index >= 15 is 0 Å². The van der Waals surface area contributed by atoms with Crippen molar-refractivity contribution in [2.45, 2.75) is 26.5 Å². The second kappa shape index (κ2) is 6.06. The zero-order chi connectivity index (χ0) is 16.4. The summed E-state index contributed by atoms with van der Waals surface area (Å²) in [5.41, 5.74) is -2.43. The molecule has 0 radical (unpaired) electrons. The number of aliphatic hydroxyl groups is 1. The number of Topliss-reactive ketones (excluding diaryl/α,β-unsaturated/α-hetero) is 1. The Morgan fingerprint density at radius 2 is 1.95 bits per heavy atom. The SMILES string of the molecule is CC(C)(C)C(=O)[C@](CO)(Oc1ccc(Cl)cc1)n1cncn1. The summed E-state index contributed by atoms with van der Waals surface area (Å²) in [6, 6.07) is 6.53. The number of hydrogen-bond donors (Lipinski definition) is 1. The van der Waals surface area contributed by atoms with E-state index in [0.717, 1.165) is 0 Å². The average molecular weight is 324 g/mol. The third-order valence-corrected chi connectivity index (χ3v) is 3.39. The maximum absolute atomic E-state index is 12.9. The molecular formula is C15H18ClN3O3. The van der Waals surface area contributed by atoms with Gasteiger partial charge in [-0.1, -0.05) is 32.4 Å². The predicted molar refractivity (Wildman–Crippen MR) is 81.6 cm³/mol. The summed E-state index contributed by atoms with van der Waals surface area (Å²) in [6.07, 6.45) is 2.63. The fourth-order valence-corrected chi connectivity index (χ4v) is 2.18. The standard InChI is InChI=1S/C15H18ClN3O3/c1-14(2,3)13(21)15(8-20,19-10-17-9-18-19)22-12-6-4-11(16)5-7-12/h4-7,9-10,20H,8H2,1-3H3/t15-/m0/s1. The molecule has 0 saturated heterocycles. The van der Waals surface area contributed by atoms with E-state index in [2.05, 4.69) is 10.1 Å². The van der Waals surface area contributed by atoms with E-state index in [4.69, 9.17) is 16.3 Å². The molecule has 2 aromatic rings. The molecule has 0 unspecified atom stereocenters. The summed E-state index contributed by atoms with van der Waals surface area (Å²) in [5, 5.41) is 14.5. The molecule has 0 aliphatic heterocycles. The molecule has 1 aromatic carbocycles. The van der Waals surface area contributed by atoms with Crippen molar-refractivity contribution in [1.29, 1.82) is 0 Å². The van der Waals surface area contributed by atoms with Crippen molar-refractivity contribution in [3.8, 4) is 5.75 Å². The van der Waals surface area contributed by atoms with Crippen LogP contribution < -0.4 is 4.74 Å². The van der Waals surface area contributed by atoms with Crippen LogP contribution in [0.4, 0.5) is 0 Å². The molecule has 0 spiro atoms. The van der Waals surface area contributed by atoms with Crippen molar-refractivity contribution < 1.29 is 14.6 Å². The van der Waals surface area contributed by atoms with Gasteiger partial charge in [0.15, 0.2) is 0 Å². The van der Waals surface area contributed by atoms with Crippen LogP contribution in [-0.2, 0) is 10.5 Å². The number of carbonyl (C=O) groups excluding carboxylic acids is 1. The largest absolute Gasteiger partial charge is 0.456 e. The van der Waals surface area contributed by atoms with Crippen LogP contribution in [0.15, 0.2) is 36.9 Å². The van der Waals surface area contributed by atoms with E-state index < -0.39 is 17.7 Å². The molecule has 0 saturated carbocycles. The highest BCUT2D eigenvalue weighted by Crippen LogP contribution is 2.31. The van der Waals surface area contributed by atoms with Crippen LogP contribution in [0, 0.1) is 5.41 Å². The van der Waals surface area contributed by atoms with E-state index in [1.807, 2.05) is 0 Å². The van der Waals surface area contributed by atoms with Crippen molar-refractivity contribution in [3.63, 3.8) is 0 Å². The molecule has 7 heteroatoms. The number of hydrogen-bond acceptors (Lipinski definition) is 5. The van der Waals surface area contributed by atoms with Crippen molar-refractivity contribution in [3.05, 3.63) is 41.9 Å². The van der Waals surface area contributed by atoms with E-state index in [-0.39, 0.29) is 5.78 Å². The normalized spacial score (nSPS) is 14.4. The van der Waals surface area contributed by atoms with Crippen molar-refractivity contribution in [2.24, 2.45) is 5.41 Å². The summed E-state index contributed by atoms with van der Waals surface area (Å²) in [6.45, 7) is 4.68. The first-order valence-electron chi connectivity index (χ1n) is 6.75. The topological polar surface area (TPSA) is 77.2 Å². The third kappa shape index (κ3) is 3.13. The number of carbonyl (C=O) groups is 1. The van der Waals surface area contributed by atoms with Crippen LogP contribution in [0.2, 0.25) is 5.02 Å². The van der Waals surface area contributed by atoms with Crippen LogP contribution >= 0.6 is 11.6 Å². The Kier molecular flexibility index (Phi) is 4.53. The van der Waals surface area contributed by atoms with Crippen LogP contribution in [0.1, 0.15) is 20.8 Å². The van der Waals surface area contributed by atoms with Crippen molar-refractivity contribution in [1.82, 2.24) is 14.8 Å². The van der Waals surface area contributed by atoms with E-state index in [9.17, 15) is 9.90 Å². The minimum absolute atomic E-state index is 0.317. The van der Waals surface area contributed by atoms with Crippen LogP contribution in [0.3, 0.4) is 0 Å². The van der Waals surface area contributed by atoms with Gasteiger partial charge < -0.3 is 9.84 Å². The molecule has 0 bridgehead atoms. The first-order chi connectivity index (χ1) is 10.3. The predicted octanol–water partition coefficient (Wildman–Crippen LogP) is 2.27. The van der Waals surface area contributed by atoms with Gasteiger partial charge in [-0.3, -0.25) is 4.79 Å². The van der Waals surface area contributed by atoms with Gasteiger partial charge >= 0.3 is 0 Å². The molecule has 22 heavy (non-hydrogen) atoms. The van der Waals surface area contributed by atoms with Gasteiger partial charge in [-0.2, -0.15) is 5.10 Å². The first kappa shape index (κ1) is 16.5. The number of halogens is 1. The lowest BCUT2D eigenvalue weighted by Gasteiger charge is -2.35. The molecule has 1 atom stereocenters. The quantitative estimate of drug-likeness (QED) is 0.913. The monoisotopic (exact) mass is 323 g/mol. The highest BCUT2D eigenvalue weighted by atomic mass is 35.5. The summed E-state index contributed by atoms with van der Waals surface area (Å²) in [7, 11) is 0. The molecule has 0 aliphatic carbocycles. The smallest absolute Gasteiger partial charge is 0.285 e. The van der Waals surface area contributed by atoms with Crippen LogP contribution in [0.25, 0.3) is 0 Å². The Hall–Kier alpha value is -1.92. The number of rotatable bonds is 5. The van der Waals surface area contributed by atoms with E-state index in [1.165, 1.54) is 17.3 Å². The van der Waals surface area contributed by atoms with E-state index in [0.29, 0.717) is 10.8 Å². The summed E-state index contributed by atoms with van der Waals surface area (Å²) in [4.78, 5) is 16.7. The van der Waals surface area contributed by atoms with Crippen LogP contribution in [-0.4, -0.2) is 32.3 Å². The fourth-order valence-electron chi connectivity index (χ4n) is 2.05. The van der Waals surface area contributed by atoms with Gasteiger partial charge in [0.25, 0.3) is 5.72 Å². The molecule has 1 heterocycles. The lowest BCUT2D eigenvalue weighted by molar-refractivity contribution is -0.160. The van der Waals surface area contributed by atoms with Gasteiger partial charge in [0.1, 0.15) is 25.0 Å². The lowest BCUT2D eigenvalue weighted by Crippen LogP contribution is -2.55. The third-order valence-electron chi connectivity index (χ3n) is 3.14. The number of ketones is 1. The average Bonchev–Trinajstić information content (AvgIpc) is 3.00. The lowest BCUT2D eigenvalue weighted by atomic mass is 9.84. The molecule has 0 amide bonds. The number of nitrogens with zero attached hydrogens (tertiary/aromatic N) is 3. The van der Waals surface area contributed by atoms with Crippen LogP contribution in [0.5, 0.6) is 5.75 Å². The highest BCUT2D eigenvalue weighted by Gasteiger charge is 2.48. The second-order valence-corrected chi connectivity index (χ2v) is 6.35. The van der Waals surface area contributed by atoms with Gasteiger partial charge in [0.2, 0.25) is 5.78 Å². The summed E-state index contributed by atoms with van der Waals surface area (Å²) in [5.74, 6) is 0.0782. The molecule has 0 fully saturated rings. The highest BCUT2D eigenvalue weighted by molar-refractivity contribution is 6.30. The summed E-state index contributed by atoms with van der Waals surface area (Å²) >= 11 is 5.85. The molecule has 6 nitrogen and oxygen atoms in total. The molecule has 2 rings (SSSR count). The van der Waals surface area contributed by atoms with Gasteiger partial charge in [-0.05, 0) is 24.3 Å². The zero-order valence-electron chi connectivity index (χ0n) is 12.7. The first-order valence-corrected chi connectivity index (χ1v) is 7.13. The van der Waals surface area contributed by atoms with Gasteiger partial charge in [0, 0.05) is 10.4 Å². The Labute approximate surface area is 133 Å². The molecule has 1 aromatic heterocycles.